The summed E-state index contributed by atoms with van der Waals surface area (Å²) < 4.78 is 5.58. The summed E-state index contributed by atoms with van der Waals surface area (Å²) in [6.07, 6.45) is 1.51. The minimum absolute atomic E-state index is 0.697. The van der Waals surface area contributed by atoms with Gasteiger partial charge in [0.2, 0.25) is 0 Å². The van der Waals surface area contributed by atoms with Crippen LogP contribution < -0.4 is 0 Å². The number of nitrogens with zero attached hydrogens (tertiary/aromatic N) is 3. The second-order valence-electron chi connectivity index (χ2n) is 12.0. The third kappa shape index (κ3) is 5.26. The van der Waals surface area contributed by atoms with Gasteiger partial charge in [0.25, 0.3) is 0 Å². The van der Waals surface area contributed by atoms with Gasteiger partial charge in [-0.1, -0.05) is 158 Å². The Kier molecular flexibility index (Phi) is 7.10. The fraction of sp³-hybridized carbons (Fsp3) is 0. The van der Waals surface area contributed by atoms with Gasteiger partial charge >= 0.3 is 0 Å². The summed E-state index contributed by atoms with van der Waals surface area (Å²) in [5.41, 5.74) is 13.2. The molecule has 0 saturated carbocycles. The Morgan fingerprint density at radius 3 is 1.88 bits per heavy atom. The molecule has 0 amide bonds. The first-order valence-electron chi connectivity index (χ1n) is 16.3. The SMILES string of the molecule is c1ccc(-c2cc(-c3ccccc3-c3ccc4ccccc4c3-c3ccc(-c4cccc5ocnc45)cc3)nc(-c3ccccc3)n2)cc1. The summed E-state index contributed by atoms with van der Waals surface area (Å²) in [5, 5.41) is 2.38. The number of rotatable bonds is 6. The van der Waals surface area contributed by atoms with Crippen LogP contribution in [0.25, 0.3) is 89.2 Å². The van der Waals surface area contributed by atoms with Gasteiger partial charge in [0, 0.05) is 22.3 Å². The number of fused-ring (bicyclic) bond motifs is 2. The standard InChI is InChI=1S/C45H29N3O/c1-3-13-32(14-4-1)40-28-41(48-45(47-40)34-15-5-2-6-16-34)38-19-10-9-18-37(38)39-27-26-30-12-7-8-17-35(30)43(39)33-24-22-31(23-25-33)36-20-11-21-42-44(36)46-29-49-42/h1-29H. The maximum atomic E-state index is 5.58. The van der Waals surface area contributed by atoms with E-state index >= 15 is 0 Å². The Labute approximate surface area is 284 Å². The molecule has 9 aromatic rings. The van der Waals surface area contributed by atoms with Crippen LogP contribution in [0.2, 0.25) is 0 Å². The van der Waals surface area contributed by atoms with Crippen LogP contribution in [0.15, 0.2) is 181 Å². The van der Waals surface area contributed by atoms with Crippen LogP contribution in [0.1, 0.15) is 0 Å². The van der Waals surface area contributed by atoms with Gasteiger partial charge in [-0.2, -0.15) is 0 Å². The van der Waals surface area contributed by atoms with Crippen molar-refractivity contribution in [2.75, 3.05) is 0 Å². The quantitative estimate of drug-likeness (QED) is 0.184. The molecule has 0 radical (unpaired) electrons. The van der Waals surface area contributed by atoms with Gasteiger partial charge in [0.15, 0.2) is 17.8 Å². The van der Waals surface area contributed by atoms with E-state index in [4.69, 9.17) is 14.4 Å². The number of oxazole rings is 1. The third-order valence-electron chi connectivity index (χ3n) is 9.09. The molecule has 0 fully saturated rings. The molecule has 0 spiro atoms. The first kappa shape index (κ1) is 28.6. The predicted octanol–water partition coefficient (Wildman–Crippen LogP) is 11.8. The minimum atomic E-state index is 0.697. The van der Waals surface area contributed by atoms with Crippen molar-refractivity contribution in [3.8, 4) is 67.3 Å². The van der Waals surface area contributed by atoms with E-state index in [1.807, 2.05) is 48.5 Å². The van der Waals surface area contributed by atoms with E-state index in [2.05, 4.69) is 126 Å². The molecular weight excluding hydrogens is 599 g/mol. The van der Waals surface area contributed by atoms with Crippen LogP contribution in [-0.2, 0) is 0 Å². The van der Waals surface area contributed by atoms with E-state index in [-0.39, 0.29) is 0 Å². The minimum Gasteiger partial charge on any atom is -0.443 e. The molecule has 0 unspecified atom stereocenters. The predicted molar refractivity (Wildman–Crippen MR) is 200 cm³/mol. The van der Waals surface area contributed by atoms with E-state index in [1.54, 1.807) is 0 Å². The van der Waals surface area contributed by atoms with Crippen LogP contribution in [0, 0.1) is 0 Å². The molecule has 4 heteroatoms. The number of hydrogen-bond acceptors (Lipinski definition) is 4. The van der Waals surface area contributed by atoms with Crippen LogP contribution in [0.4, 0.5) is 0 Å². The maximum absolute atomic E-state index is 5.58. The topological polar surface area (TPSA) is 51.8 Å². The summed E-state index contributed by atoms with van der Waals surface area (Å²) in [7, 11) is 0. The lowest BCUT2D eigenvalue weighted by Gasteiger charge is -2.18. The average molecular weight is 628 g/mol. The van der Waals surface area contributed by atoms with Crippen molar-refractivity contribution >= 4 is 21.9 Å². The van der Waals surface area contributed by atoms with Gasteiger partial charge in [-0.15, -0.1) is 0 Å². The molecule has 0 N–H and O–H groups in total. The highest BCUT2D eigenvalue weighted by Crippen LogP contribution is 2.43. The molecule has 0 atom stereocenters. The van der Waals surface area contributed by atoms with E-state index in [9.17, 15) is 0 Å². The zero-order chi connectivity index (χ0) is 32.6. The molecule has 2 heterocycles. The third-order valence-corrected chi connectivity index (χ3v) is 9.09. The van der Waals surface area contributed by atoms with Crippen LogP contribution >= 0.6 is 0 Å². The van der Waals surface area contributed by atoms with Crippen molar-refractivity contribution < 1.29 is 4.42 Å². The van der Waals surface area contributed by atoms with Crippen molar-refractivity contribution in [2.45, 2.75) is 0 Å². The number of hydrogen-bond donors (Lipinski definition) is 0. The Morgan fingerprint density at radius 2 is 1.06 bits per heavy atom. The molecule has 0 aliphatic carbocycles. The van der Waals surface area contributed by atoms with Gasteiger partial charge in [-0.3, -0.25) is 0 Å². The number of para-hydroxylation sites is 1. The van der Waals surface area contributed by atoms with Crippen molar-refractivity contribution in [3.63, 3.8) is 0 Å². The lowest BCUT2D eigenvalue weighted by molar-refractivity contribution is 0.602. The Hall–Kier alpha value is -6.65. The fourth-order valence-electron chi connectivity index (χ4n) is 6.74. The monoisotopic (exact) mass is 627 g/mol. The first-order chi connectivity index (χ1) is 24.3. The fourth-order valence-corrected chi connectivity index (χ4v) is 6.74. The highest BCUT2D eigenvalue weighted by atomic mass is 16.3. The van der Waals surface area contributed by atoms with Gasteiger partial charge in [-0.25, -0.2) is 15.0 Å². The highest BCUT2D eigenvalue weighted by molar-refractivity contribution is 6.06. The summed E-state index contributed by atoms with van der Waals surface area (Å²) >= 11 is 0. The van der Waals surface area contributed by atoms with Crippen molar-refractivity contribution in [2.24, 2.45) is 0 Å². The van der Waals surface area contributed by atoms with Crippen LogP contribution in [-0.4, -0.2) is 15.0 Å². The smallest absolute Gasteiger partial charge is 0.182 e. The molecule has 0 aliphatic rings. The van der Waals surface area contributed by atoms with E-state index in [0.717, 1.165) is 67.0 Å². The van der Waals surface area contributed by atoms with E-state index < -0.39 is 0 Å². The maximum Gasteiger partial charge on any atom is 0.182 e. The molecule has 0 aliphatic heterocycles. The number of benzene rings is 7. The van der Waals surface area contributed by atoms with Crippen LogP contribution in [0.3, 0.4) is 0 Å². The number of aromatic nitrogens is 3. The lowest BCUT2D eigenvalue weighted by atomic mass is 9.86. The molecule has 4 nitrogen and oxygen atoms in total. The van der Waals surface area contributed by atoms with Gasteiger partial charge < -0.3 is 4.42 Å². The van der Waals surface area contributed by atoms with Gasteiger partial charge in [0.1, 0.15) is 5.52 Å². The molecule has 2 aromatic heterocycles. The van der Waals surface area contributed by atoms with E-state index in [1.165, 1.54) is 22.7 Å². The molecule has 7 aromatic carbocycles. The lowest BCUT2D eigenvalue weighted by Crippen LogP contribution is -1.97. The van der Waals surface area contributed by atoms with Crippen molar-refractivity contribution in [1.82, 2.24) is 15.0 Å². The Bertz CT molecular complexity index is 2530. The molecule has 230 valence electrons. The summed E-state index contributed by atoms with van der Waals surface area (Å²) in [5.74, 6) is 0.697. The Morgan fingerprint density at radius 1 is 0.408 bits per heavy atom. The normalized spacial score (nSPS) is 11.3. The molecular formula is C45H29N3O. The molecule has 0 bridgehead atoms. The summed E-state index contributed by atoms with van der Waals surface area (Å²) in [6.45, 7) is 0. The van der Waals surface area contributed by atoms with E-state index in [0.29, 0.717) is 5.82 Å². The second kappa shape index (κ2) is 12.2. The summed E-state index contributed by atoms with van der Waals surface area (Å²) in [4.78, 5) is 14.7. The molecule has 9 rings (SSSR count). The van der Waals surface area contributed by atoms with Crippen LogP contribution in [0.5, 0.6) is 0 Å². The van der Waals surface area contributed by atoms with Crippen molar-refractivity contribution in [1.29, 1.82) is 0 Å². The Balaban J connectivity index is 1.24. The molecule has 49 heavy (non-hydrogen) atoms. The van der Waals surface area contributed by atoms with Crippen molar-refractivity contribution in [3.05, 3.63) is 176 Å². The highest BCUT2D eigenvalue weighted by Gasteiger charge is 2.18. The summed E-state index contributed by atoms with van der Waals surface area (Å²) in [6, 6.07) is 59.1. The first-order valence-corrected chi connectivity index (χ1v) is 16.3. The zero-order valence-corrected chi connectivity index (χ0v) is 26.5. The zero-order valence-electron chi connectivity index (χ0n) is 26.5. The average Bonchev–Trinajstić information content (AvgIpc) is 3.68. The van der Waals surface area contributed by atoms with Gasteiger partial charge in [0.05, 0.1) is 11.4 Å². The second-order valence-corrected chi connectivity index (χ2v) is 12.0. The molecule has 0 saturated heterocycles. The largest absolute Gasteiger partial charge is 0.443 e. The van der Waals surface area contributed by atoms with Gasteiger partial charge in [-0.05, 0) is 50.7 Å².